The van der Waals surface area contributed by atoms with Crippen LogP contribution in [0, 0.1) is 0 Å². The summed E-state index contributed by atoms with van der Waals surface area (Å²) in [5.41, 5.74) is 3.41. The Bertz CT molecular complexity index is 1480. The summed E-state index contributed by atoms with van der Waals surface area (Å²) in [4.78, 5) is 9.81. The number of unbranched alkanes of at least 4 members (excludes halogenated alkanes) is 1. The van der Waals surface area contributed by atoms with Gasteiger partial charge in [0.15, 0.2) is 0 Å². The van der Waals surface area contributed by atoms with Crippen molar-refractivity contribution in [1.29, 1.82) is 0 Å². The molecule has 2 aromatic heterocycles. The average molecular weight is 524 g/mol. The zero-order chi connectivity index (χ0) is 25.6. The van der Waals surface area contributed by atoms with E-state index in [0.717, 1.165) is 74.4 Å². The molecule has 0 bridgehead atoms. The lowest BCUT2D eigenvalue weighted by Gasteiger charge is -2.36. The molecule has 1 aliphatic heterocycles. The molecule has 194 valence electrons. The first-order chi connectivity index (χ1) is 18.8. The van der Waals surface area contributed by atoms with Gasteiger partial charge in [-0.05, 0) is 66.7 Å². The molecular formula is C32H33N3O2S. The fraction of sp³-hybridized carbons (Fsp3) is 0.281. The molecule has 0 N–H and O–H groups in total. The number of hydrogen-bond donors (Lipinski definition) is 0. The maximum absolute atomic E-state index is 6.07. The van der Waals surface area contributed by atoms with Crippen LogP contribution in [0.25, 0.3) is 21.0 Å². The number of fused-ring (bicyclic) bond motifs is 2. The number of nitrogens with zero attached hydrogens (tertiary/aromatic N) is 3. The fourth-order valence-corrected chi connectivity index (χ4v) is 5.88. The number of ether oxygens (including phenoxy) is 2. The fourth-order valence-electron chi connectivity index (χ4n) is 5.07. The van der Waals surface area contributed by atoms with Crippen molar-refractivity contribution in [3.63, 3.8) is 0 Å². The minimum absolute atomic E-state index is 0.509. The summed E-state index contributed by atoms with van der Waals surface area (Å²) in [7, 11) is 0. The average Bonchev–Trinajstić information content (AvgIpc) is 3.46. The number of hydrogen-bond acceptors (Lipinski definition) is 6. The van der Waals surface area contributed by atoms with Crippen LogP contribution in [0.4, 0.5) is 5.69 Å². The van der Waals surface area contributed by atoms with E-state index in [0.29, 0.717) is 12.5 Å². The van der Waals surface area contributed by atoms with Crippen molar-refractivity contribution in [1.82, 2.24) is 9.88 Å². The summed E-state index contributed by atoms with van der Waals surface area (Å²) in [5, 5.41) is 4.67. The Labute approximate surface area is 228 Å². The highest BCUT2D eigenvalue weighted by Crippen LogP contribution is 2.31. The molecular weight excluding hydrogens is 490 g/mol. The molecule has 5 nitrogen and oxygen atoms in total. The van der Waals surface area contributed by atoms with E-state index in [1.807, 2.05) is 53.8 Å². The maximum Gasteiger partial charge on any atom is 0.214 e. The van der Waals surface area contributed by atoms with Crippen molar-refractivity contribution in [2.45, 2.75) is 19.4 Å². The highest BCUT2D eigenvalue weighted by molar-refractivity contribution is 7.17. The van der Waals surface area contributed by atoms with Gasteiger partial charge in [-0.1, -0.05) is 36.4 Å². The molecule has 3 aromatic carbocycles. The van der Waals surface area contributed by atoms with Crippen LogP contribution in [-0.4, -0.2) is 49.2 Å². The number of piperazine rings is 1. The SMILES string of the molecule is c1ccc(COc2ccc3ccc(OCCCCN4CCN(c5cccc6sccc56)CC4)cc3n2)cc1. The molecule has 0 amide bonds. The molecule has 1 fully saturated rings. The summed E-state index contributed by atoms with van der Waals surface area (Å²) in [6.45, 7) is 6.77. The van der Waals surface area contributed by atoms with Gasteiger partial charge in [0, 0.05) is 59.5 Å². The van der Waals surface area contributed by atoms with E-state index in [-0.39, 0.29) is 0 Å². The predicted octanol–water partition coefficient (Wildman–Crippen LogP) is 7.01. The minimum atomic E-state index is 0.509. The summed E-state index contributed by atoms with van der Waals surface area (Å²) in [5.74, 6) is 1.49. The van der Waals surface area contributed by atoms with E-state index < -0.39 is 0 Å². The molecule has 0 saturated carbocycles. The van der Waals surface area contributed by atoms with Crippen LogP contribution in [0.15, 0.2) is 90.3 Å². The van der Waals surface area contributed by atoms with Gasteiger partial charge in [-0.2, -0.15) is 0 Å². The first kappa shape index (κ1) is 24.7. The Morgan fingerprint density at radius 1 is 0.789 bits per heavy atom. The third kappa shape index (κ3) is 5.93. The second-order valence-corrected chi connectivity index (χ2v) is 10.7. The van der Waals surface area contributed by atoms with Gasteiger partial charge < -0.3 is 14.4 Å². The van der Waals surface area contributed by atoms with E-state index in [9.17, 15) is 0 Å². The summed E-state index contributed by atoms with van der Waals surface area (Å²) in [6.07, 6.45) is 2.18. The zero-order valence-electron chi connectivity index (χ0n) is 21.6. The summed E-state index contributed by atoms with van der Waals surface area (Å²) < 4.78 is 13.4. The molecule has 6 rings (SSSR count). The number of benzene rings is 3. The Balaban J connectivity index is 0.938. The second kappa shape index (κ2) is 11.8. The second-order valence-electron chi connectivity index (χ2n) is 9.77. The normalized spacial score (nSPS) is 14.3. The van der Waals surface area contributed by atoms with E-state index >= 15 is 0 Å². The number of rotatable bonds is 10. The first-order valence-electron chi connectivity index (χ1n) is 13.5. The van der Waals surface area contributed by atoms with Crippen LogP contribution in [0.5, 0.6) is 11.6 Å². The number of thiophene rings is 1. The molecule has 5 aromatic rings. The van der Waals surface area contributed by atoms with Crippen molar-refractivity contribution in [3.8, 4) is 11.6 Å². The van der Waals surface area contributed by atoms with E-state index in [1.54, 1.807) is 0 Å². The van der Waals surface area contributed by atoms with Crippen LogP contribution in [-0.2, 0) is 6.61 Å². The van der Waals surface area contributed by atoms with Crippen LogP contribution in [0.3, 0.4) is 0 Å². The van der Waals surface area contributed by atoms with Crippen molar-refractivity contribution in [2.75, 3.05) is 44.2 Å². The van der Waals surface area contributed by atoms with E-state index in [2.05, 4.69) is 62.6 Å². The summed E-state index contributed by atoms with van der Waals surface area (Å²) >= 11 is 1.82. The van der Waals surface area contributed by atoms with Gasteiger partial charge in [-0.3, -0.25) is 4.90 Å². The van der Waals surface area contributed by atoms with Gasteiger partial charge in [0.1, 0.15) is 12.4 Å². The number of aromatic nitrogens is 1. The molecule has 1 aliphatic rings. The topological polar surface area (TPSA) is 37.8 Å². The van der Waals surface area contributed by atoms with Crippen LogP contribution in [0.2, 0.25) is 0 Å². The van der Waals surface area contributed by atoms with Crippen molar-refractivity contribution in [3.05, 3.63) is 95.9 Å². The van der Waals surface area contributed by atoms with Crippen molar-refractivity contribution in [2.24, 2.45) is 0 Å². The van der Waals surface area contributed by atoms with Gasteiger partial charge in [-0.15, -0.1) is 11.3 Å². The first-order valence-corrected chi connectivity index (χ1v) is 14.3. The summed E-state index contributed by atoms with van der Waals surface area (Å²) in [6, 6.07) is 29.2. The molecule has 1 saturated heterocycles. The van der Waals surface area contributed by atoms with Crippen molar-refractivity contribution < 1.29 is 9.47 Å². The molecule has 3 heterocycles. The smallest absolute Gasteiger partial charge is 0.214 e. The molecule has 0 aliphatic carbocycles. The molecule has 0 radical (unpaired) electrons. The lowest BCUT2D eigenvalue weighted by atomic mass is 10.2. The highest BCUT2D eigenvalue weighted by Gasteiger charge is 2.18. The quantitative estimate of drug-likeness (QED) is 0.184. The minimum Gasteiger partial charge on any atom is -0.494 e. The van der Waals surface area contributed by atoms with E-state index in [1.165, 1.54) is 15.8 Å². The lowest BCUT2D eigenvalue weighted by Crippen LogP contribution is -2.46. The Morgan fingerprint density at radius 3 is 2.55 bits per heavy atom. The standard InChI is InChI=1S/C32H33N3O2S/c1-2-7-25(8-3-1)24-37-32-14-12-26-11-13-27(23-29(26)33-32)36-21-5-4-16-34-17-19-35(20-18-34)30-9-6-10-31-28(30)15-22-38-31/h1-3,6-15,22-23H,4-5,16-21,24H2. The van der Waals surface area contributed by atoms with Crippen molar-refractivity contribution >= 4 is 38.0 Å². The van der Waals surface area contributed by atoms with Crippen LogP contribution >= 0.6 is 11.3 Å². The van der Waals surface area contributed by atoms with Gasteiger partial charge in [0.25, 0.3) is 0 Å². The van der Waals surface area contributed by atoms with Crippen LogP contribution in [0.1, 0.15) is 18.4 Å². The highest BCUT2D eigenvalue weighted by atomic mass is 32.1. The third-order valence-corrected chi connectivity index (χ3v) is 8.07. The number of pyridine rings is 1. The van der Waals surface area contributed by atoms with Gasteiger partial charge in [0.05, 0.1) is 12.1 Å². The van der Waals surface area contributed by atoms with Gasteiger partial charge >= 0.3 is 0 Å². The van der Waals surface area contributed by atoms with Gasteiger partial charge in [-0.25, -0.2) is 4.98 Å². The van der Waals surface area contributed by atoms with E-state index in [4.69, 9.17) is 9.47 Å². The molecule has 0 spiro atoms. The predicted molar refractivity (Wildman–Crippen MR) is 158 cm³/mol. The number of anilines is 1. The zero-order valence-corrected chi connectivity index (χ0v) is 22.4. The Hall–Kier alpha value is -3.61. The van der Waals surface area contributed by atoms with Gasteiger partial charge in [0.2, 0.25) is 5.88 Å². The monoisotopic (exact) mass is 523 g/mol. The molecule has 0 atom stereocenters. The molecule has 6 heteroatoms. The van der Waals surface area contributed by atoms with Crippen LogP contribution < -0.4 is 14.4 Å². The largest absolute Gasteiger partial charge is 0.494 e. The third-order valence-electron chi connectivity index (χ3n) is 7.19. The molecule has 0 unspecified atom stereocenters. The Kier molecular flexibility index (Phi) is 7.70. The molecule has 38 heavy (non-hydrogen) atoms. The maximum atomic E-state index is 6.07. The lowest BCUT2D eigenvalue weighted by molar-refractivity contribution is 0.239. The Morgan fingerprint density at radius 2 is 1.66 bits per heavy atom.